The zero-order chi connectivity index (χ0) is 19.5. The lowest BCUT2D eigenvalue weighted by atomic mass is 10.0. The van der Waals surface area contributed by atoms with E-state index in [1.54, 1.807) is 25.6 Å². The molecule has 2 aliphatic rings. The Hall–Kier alpha value is -3.10. The Morgan fingerprint density at radius 1 is 1.07 bits per heavy atom. The fourth-order valence-corrected chi connectivity index (χ4v) is 3.60. The Bertz CT molecular complexity index is 870. The summed E-state index contributed by atoms with van der Waals surface area (Å²) in [4.78, 5) is 42.1. The maximum absolute atomic E-state index is 13.0. The smallest absolute Gasteiger partial charge is 0.273 e. The first-order chi connectivity index (χ1) is 13.7. The van der Waals surface area contributed by atoms with Gasteiger partial charge in [0.15, 0.2) is 11.5 Å². The molecule has 28 heavy (non-hydrogen) atoms. The molecule has 146 valence electrons. The molecule has 2 saturated carbocycles. The molecule has 0 aliphatic heterocycles. The summed E-state index contributed by atoms with van der Waals surface area (Å²) in [5.74, 6) is 0.146. The fourth-order valence-electron chi connectivity index (χ4n) is 3.60. The van der Waals surface area contributed by atoms with Crippen molar-refractivity contribution in [2.24, 2.45) is 5.92 Å². The molecule has 2 aromatic rings. The number of rotatable bonds is 6. The van der Waals surface area contributed by atoms with E-state index >= 15 is 0 Å². The molecule has 0 unspecified atom stereocenters. The van der Waals surface area contributed by atoms with Crippen molar-refractivity contribution in [2.75, 3.05) is 12.4 Å². The molecule has 2 aromatic heterocycles. The van der Waals surface area contributed by atoms with E-state index in [0.717, 1.165) is 37.8 Å². The van der Waals surface area contributed by atoms with Crippen molar-refractivity contribution in [3.8, 4) is 0 Å². The second kappa shape index (κ2) is 7.87. The Morgan fingerprint density at radius 2 is 1.86 bits per heavy atom. The highest BCUT2D eigenvalue weighted by Crippen LogP contribution is 2.39. The zero-order valence-electron chi connectivity index (χ0n) is 15.7. The van der Waals surface area contributed by atoms with E-state index in [4.69, 9.17) is 0 Å². The lowest BCUT2D eigenvalue weighted by molar-refractivity contribution is -0.124. The van der Waals surface area contributed by atoms with Crippen LogP contribution in [-0.4, -0.2) is 44.8 Å². The van der Waals surface area contributed by atoms with Crippen LogP contribution >= 0.6 is 0 Å². The largest absolute Gasteiger partial charge is 0.359 e. The van der Waals surface area contributed by atoms with E-state index in [1.807, 2.05) is 0 Å². The van der Waals surface area contributed by atoms with Crippen LogP contribution in [0.5, 0.6) is 0 Å². The molecule has 2 fully saturated rings. The number of aromatic nitrogens is 4. The molecule has 9 nitrogen and oxygen atoms in total. The molecule has 0 saturated heterocycles. The first kappa shape index (κ1) is 18.3. The molecule has 0 aromatic carbocycles. The Labute approximate surface area is 162 Å². The van der Waals surface area contributed by atoms with Gasteiger partial charge >= 0.3 is 0 Å². The molecule has 9 heteroatoms. The first-order valence-electron chi connectivity index (χ1n) is 9.57. The molecule has 0 radical (unpaired) electrons. The molecule has 2 atom stereocenters. The number of amides is 2. The lowest BCUT2D eigenvalue weighted by Gasteiger charge is -2.20. The molecule has 2 amide bonds. The van der Waals surface area contributed by atoms with Crippen molar-refractivity contribution in [3.63, 3.8) is 0 Å². The summed E-state index contributed by atoms with van der Waals surface area (Å²) in [6, 6.07) is -0.202. The average Bonchev–Trinajstić information content (AvgIpc) is 3.47. The van der Waals surface area contributed by atoms with Gasteiger partial charge in [-0.25, -0.2) is 19.9 Å². The maximum Gasteiger partial charge on any atom is 0.273 e. The zero-order valence-corrected chi connectivity index (χ0v) is 15.7. The molecule has 2 aliphatic carbocycles. The molecular formula is C19H23N7O2. The summed E-state index contributed by atoms with van der Waals surface area (Å²) in [6.45, 7) is 0. The van der Waals surface area contributed by atoms with Crippen LogP contribution in [0.25, 0.3) is 0 Å². The number of anilines is 2. The van der Waals surface area contributed by atoms with Gasteiger partial charge in [-0.05, 0) is 25.7 Å². The van der Waals surface area contributed by atoms with Crippen LogP contribution in [0, 0.1) is 5.92 Å². The van der Waals surface area contributed by atoms with Crippen molar-refractivity contribution >= 4 is 23.3 Å². The van der Waals surface area contributed by atoms with Crippen molar-refractivity contribution in [2.45, 2.75) is 44.1 Å². The van der Waals surface area contributed by atoms with Crippen LogP contribution in [0.4, 0.5) is 11.5 Å². The third-order valence-corrected chi connectivity index (χ3v) is 5.24. The topological polar surface area (TPSA) is 122 Å². The molecule has 0 bridgehead atoms. The minimum atomic E-state index is -0.324. The quantitative estimate of drug-likeness (QED) is 0.694. The van der Waals surface area contributed by atoms with Crippen LogP contribution in [0.1, 0.15) is 54.2 Å². The summed E-state index contributed by atoms with van der Waals surface area (Å²) < 4.78 is 0. The van der Waals surface area contributed by atoms with Gasteiger partial charge in [0, 0.05) is 19.0 Å². The van der Waals surface area contributed by atoms with E-state index < -0.39 is 0 Å². The molecular weight excluding hydrogens is 358 g/mol. The van der Waals surface area contributed by atoms with Crippen molar-refractivity contribution in [3.05, 3.63) is 36.3 Å². The number of nitrogens with one attached hydrogen (secondary N) is 3. The third-order valence-electron chi connectivity index (χ3n) is 5.24. The van der Waals surface area contributed by atoms with Crippen LogP contribution in [0.2, 0.25) is 0 Å². The van der Waals surface area contributed by atoms with Gasteiger partial charge in [0.05, 0.1) is 35.9 Å². The Balaban J connectivity index is 1.58. The van der Waals surface area contributed by atoms with Gasteiger partial charge in [0.1, 0.15) is 6.33 Å². The lowest BCUT2D eigenvalue weighted by Crippen LogP contribution is -2.43. The van der Waals surface area contributed by atoms with Crippen molar-refractivity contribution in [1.29, 1.82) is 0 Å². The highest BCUT2D eigenvalue weighted by molar-refractivity contribution is 5.98. The summed E-state index contributed by atoms with van der Waals surface area (Å²) in [7, 11) is 1.62. The SMILES string of the molecule is CNC(=O)[C@H]1CCC[C@@H]1NC(=O)c1nc(C2CC2)cnc1Nc1cncnc1. The van der Waals surface area contributed by atoms with Crippen molar-refractivity contribution < 1.29 is 9.59 Å². The van der Waals surface area contributed by atoms with Gasteiger partial charge in [-0.2, -0.15) is 0 Å². The predicted octanol–water partition coefficient (Wildman–Crippen LogP) is 1.53. The minimum Gasteiger partial charge on any atom is -0.359 e. The van der Waals surface area contributed by atoms with Crippen LogP contribution < -0.4 is 16.0 Å². The highest BCUT2D eigenvalue weighted by atomic mass is 16.2. The summed E-state index contributed by atoms with van der Waals surface area (Å²) >= 11 is 0. The summed E-state index contributed by atoms with van der Waals surface area (Å²) in [6.07, 6.45) is 10.9. The molecule has 0 spiro atoms. The number of nitrogens with zero attached hydrogens (tertiary/aromatic N) is 4. The highest BCUT2D eigenvalue weighted by Gasteiger charge is 2.35. The molecule has 4 rings (SSSR count). The number of hydrogen-bond acceptors (Lipinski definition) is 7. The average molecular weight is 381 g/mol. The van der Waals surface area contributed by atoms with E-state index in [2.05, 4.69) is 35.9 Å². The van der Waals surface area contributed by atoms with Crippen LogP contribution in [0.3, 0.4) is 0 Å². The van der Waals surface area contributed by atoms with E-state index in [9.17, 15) is 9.59 Å². The fraction of sp³-hybridized carbons (Fsp3) is 0.474. The summed E-state index contributed by atoms with van der Waals surface area (Å²) in [5.41, 5.74) is 1.68. The molecule has 3 N–H and O–H groups in total. The van der Waals surface area contributed by atoms with E-state index in [0.29, 0.717) is 17.4 Å². The monoisotopic (exact) mass is 381 g/mol. The third kappa shape index (κ3) is 3.92. The minimum absolute atomic E-state index is 0.0413. The standard InChI is InChI=1S/C19H23N7O2/c1-20-18(27)13-3-2-4-14(13)26-19(28)16-17(24-12-7-21-10-22-8-12)23-9-15(25-16)11-5-6-11/h7-11,13-14H,2-6H2,1H3,(H,20,27)(H,23,24)(H,26,28)/t13-,14-/m0/s1. The van der Waals surface area contributed by atoms with Gasteiger partial charge in [0.25, 0.3) is 5.91 Å². The normalized spacial score (nSPS) is 21.2. The van der Waals surface area contributed by atoms with Crippen LogP contribution in [0.15, 0.2) is 24.9 Å². The van der Waals surface area contributed by atoms with E-state index in [1.165, 1.54) is 6.33 Å². The Kier molecular flexibility index (Phi) is 5.14. The number of hydrogen-bond donors (Lipinski definition) is 3. The van der Waals surface area contributed by atoms with Crippen LogP contribution in [-0.2, 0) is 4.79 Å². The van der Waals surface area contributed by atoms with Gasteiger partial charge < -0.3 is 16.0 Å². The van der Waals surface area contributed by atoms with Crippen molar-refractivity contribution in [1.82, 2.24) is 30.6 Å². The van der Waals surface area contributed by atoms with Gasteiger partial charge in [-0.1, -0.05) is 6.42 Å². The van der Waals surface area contributed by atoms with Gasteiger partial charge in [-0.15, -0.1) is 0 Å². The second-order valence-corrected chi connectivity index (χ2v) is 7.25. The first-order valence-corrected chi connectivity index (χ1v) is 9.57. The maximum atomic E-state index is 13.0. The number of carbonyl (C=O) groups excluding carboxylic acids is 2. The molecule has 2 heterocycles. The van der Waals surface area contributed by atoms with Gasteiger partial charge in [-0.3, -0.25) is 9.59 Å². The summed E-state index contributed by atoms with van der Waals surface area (Å²) in [5, 5.41) is 8.75. The van der Waals surface area contributed by atoms with E-state index in [-0.39, 0.29) is 29.5 Å². The predicted molar refractivity (Wildman–Crippen MR) is 102 cm³/mol. The number of carbonyl (C=O) groups is 2. The van der Waals surface area contributed by atoms with Gasteiger partial charge in [0.2, 0.25) is 5.91 Å². The Morgan fingerprint density at radius 3 is 2.57 bits per heavy atom. The second-order valence-electron chi connectivity index (χ2n) is 7.25.